The number of benzene rings is 3. The van der Waals surface area contributed by atoms with Gasteiger partial charge in [-0.15, -0.1) is 11.3 Å². The molecule has 1 aliphatic heterocycles. The molecule has 1 aliphatic rings. The van der Waals surface area contributed by atoms with Crippen molar-refractivity contribution in [2.45, 2.75) is 13.0 Å². The minimum absolute atomic E-state index is 0.497. The lowest BCUT2D eigenvalue weighted by Crippen LogP contribution is -2.23. The molecule has 180 valence electrons. The minimum atomic E-state index is 0.497. The van der Waals surface area contributed by atoms with E-state index in [-0.39, 0.29) is 0 Å². The topological polar surface area (TPSA) is 43.4 Å². The van der Waals surface area contributed by atoms with E-state index in [1.807, 2.05) is 18.2 Å². The van der Waals surface area contributed by atoms with Gasteiger partial charge in [0.1, 0.15) is 12.4 Å². The van der Waals surface area contributed by atoms with Gasteiger partial charge in [0.2, 0.25) is 0 Å². The Morgan fingerprint density at radius 3 is 2.61 bits per heavy atom. The van der Waals surface area contributed by atoms with E-state index in [9.17, 15) is 0 Å². The van der Waals surface area contributed by atoms with E-state index in [0.29, 0.717) is 13.2 Å². The van der Waals surface area contributed by atoms with Crippen LogP contribution in [0.1, 0.15) is 11.1 Å². The van der Waals surface area contributed by atoms with Crippen molar-refractivity contribution in [1.29, 1.82) is 0 Å². The van der Waals surface area contributed by atoms with Crippen LogP contribution in [0.3, 0.4) is 0 Å². The summed E-state index contributed by atoms with van der Waals surface area (Å²) in [7, 11) is 1.69. The van der Waals surface area contributed by atoms with E-state index < -0.39 is 0 Å². The number of methoxy groups -OCH3 is 1. The van der Waals surface area contributed by atoms with Gasteiger partial charge in [-0.25, -0.2) is 4.98 Å². The molecule has 4 nitrogen and oxygen atoms in total. The van der Waals surface area contributed by atoms with Crippen molar-refractivity contribution < 1.29 is 9.47 Å². The standard InChI is InChI=1S/C31H28N2O2S/c1-34-16-17-35-27-10-6-5-9-25(27)28-30(21-7-3-2-4-8-21)33-29(26-14-18-36-31(26)28)23-11-12-24-20-32-15-13-22(24)19-23/h2-12,14,18-19,32H,13,15-17,20H2,1H3. The molecule has 3 aromatic carbocycles. The van der Waals surface area contributed by atoms with E-state index >= 15 is 0 Å². The van der Waals surface area contributed by atoms with Gasteiger partial charge >= 0.3 is 0 Å². The van der Waals surface area contributed by atoms with Crippen molar-refractivity contribution in [2.75, 3.05) is 26.9 Å². The Hall–Kier alpha value is -3.51. The van der Waals surface area contributed by atoms with Crippen LogP contribution in [0, 0.1) is 0 Å². The van der Waals surface area contributed by atoms with Gasteiger partial charge in [-0.05, 0) is 47.7 Å². The SMILES string of the molecule is COCCOc1ccccc1-c1c(-c2ccccc2)nc(-c2ccc3c(c2)CCNC3)c2ccsc12. The lowest BCUT2D eigenvalue weighted by molar-refractivity contribution is 0.146. The van der Waals surface area contributed by atoms with Crippen LogP contribution in [0.5, 0.6) is 5.75 Å². The van der Waals surface area contributed by atoms with Crippen LogP contribution < -0.4 is 10.1 Å². The first-order valence-electron chi connectivity index (χ1n) is 12.3. The fourth-order valence-corrected chi connectivity index (χ4v) is 5.91. The third-order valence-corrected chi connectivity index (χ3v) is 7.65. The van der Waals surface area contributed by atoms with E-state index in [2.05, 4.69) is 71.4 Å². The van der Waals surface area contributed by atoms with Gasteiger partial charge in [0.25, 0.3) is 0 Å². The second kappa shape index (κ2) is 10.2. The fourth-order valence-electron chi connectivity index (χ4n) is 4.96. The summed E-state index contributed by atoms with van der Waals surface area (Å²) >= 11 is 1.76. The highest BCUT2D eigenvalue weighted by Gasteiger charge is 2.22. The Morgan fingerprint density at radius 1 is 0.861 bits per heavy atom. The van der Waals surface area contributed by atoms with Gasteiger partial charge < -0.3 is 14.8 Å². The molecule has 0 unspecified atom stereocenters. The van der Waals surface area contributed by atoms with Crippen molar-refractivity contribution in [1.82, 2.24) is 10.3 Å². The van der Waals surface area contributed by atoms with Gasteiger partial charge in [-0.3, -0.25) is 0 Å². The molecule has 5 heteroatoms. The third-order valence-electron chi connectivity index (χ3n) is 6.72. The molecule has 0 saturated carbocycles. The predicted octanol–water partition coefficient (Wildman–Crippen LogP) is 6.97. The van der Waals surface area contributed by atoms with Crippen LogP contribution in [0.4, 0.5) is 0 Å². The first kappa shape index (κ1) is 22.9. The van der Waals surface area contributed by atoms with Gasteiger partial charge in [0, 0.05) is 46.0 Å². The van der Waals surface area contributed by atoms with E-state index in [4.69, 9.17) is 14.5 Å². The smallest absolute Gasteiger partial charge is 0.127 e. The number of para-hydroxylation sites is 1. The molecule has 0 amide bonds. The second-order valence-electron chi connectivity index (χ2n) is 8.96. The summed E-state index contributed by atoms with van der Waals surface area (Å²) < 4.78 is 12.6. The van der Waals surface area contributed by atoms with Crippen LogP contribution in [0.15, 0.2) is 84.2 Å². The molecular weight excluding hydrogens is 464 g/mol. The molecule has 6 rings (SSSR count). The molecule has 0 radical (unpaired) electrons. The Kier molecular flexibility index (Phi) is 6.51. The Morgan fingerprint density at radius 2 is 1.72 bits per heavy atom. The zero-order chi connectivity index (χ0) is 24.3. The summed E-state index contributed by atoms with van der Waals surface area (Å²) in [5.41, 5.74) is 9.24. The van der Waals surface area contributed by atoms with Crippen LogP contribution in [0.25, 0.3) is 43.7 Å². The number of pyridine rings is 1. The number of nitrogens with zero attached hydrogens (tertiary/aromatic N) is 1. The highest BCUT2D eigenvalue weighted by atomic mass is 32.1. The van der Waals surface area contributed by atoms with Gasteiger partial charge in [-0.2, -0.15) is 0 Å². The van der Waals surface area contributed by atoms with Gasteiger partial charge in [0.05, 0.1) is 18.0 Å². The maximum atomic E-state index is 6.17. The van der Waals surface area contributed by atoms with Crippen molar-refractivity contribution in [3.05, 3.63) is 95.4 Å². The Balaban J connectivity index is 1.59. The molecule has 36 heavy (non-hydrogen) atoms. The van der Waals surface area contributed by atoms with Crippen LogP contribution >= 0.6 is 11.3 Å². The minimum Gasteiger partial charge on any atom is -0.491 e. The van der Waals surface area contributed by atoms with E-state index in [0.717, 1.165) is 53.3 Å². The van der Waals surface area contributed by atoms with Crippen LogP contribution in [0.2, 0.25) is 0 Å². The van der Waals surface area contributed by atoms with Crippen LogP contribution in [-0.2, 0) is 17.7 Å². The maximum absolute atomic E-state index is 6.17. The van der Waals surface area contributed by atoms with Crippen molar-refractivity contribution in [3.63, 3.8) is 0 Å². The van der Waals surface area contributed by atoms with Gasteiger partial charge in [-0.1, -0.05) is 60.7 Å². The zero-order valence-corrected chi connectivity index (χ0v) is 21.1. The molecule has 1 N–H and O–H groups in total. The number of ether oxygens (including phenoxy) is 2. The highest BCUT2D eigenvalue weighted by Crippen LogP contribution is 2.46. The predicted molar refractivity (Wildman–Crippen MR) is 149 cm³/mol. The molecule has 0 atom stereocenters. The number of fused-ring (bicyclic) bond motifs is 2. The second-order valence-corrected chi connectivity index (χ2v) is 9.88. The average Bonchev–Trinajstić information content (AvgIpc) is 3.43. The van der Waals surface area contributed by atoms with Crippen molar-refractivity contribution >= 4 is 21.4 Å². The average molecular weight is 493 g/mol. The summed E-state index contributed by atoms with van der Waals surface area (Å²) in [4.78, 5) is 5.39. The number of rotatable bonds is 7. The summed E-state index contributed by atoms with van der Waals surface area (Å²) in [5, 5.41) is 6.82. The maximum Gasteiger partial charge on any atom is 0.127 e. The van der Waals surface area contributed by atoms with Crippen LogP contribution in [-0.4, -0.2) is 31.9 Å². The zero-order valence-electron chi connectivity index (χ0n) is 20.3. The van der Waals surface area contributed by atoms with Gasteiger partial charge in [0.15, 0.2) is 0 Å². The number of hydrogen-bond donors (Lipinski definition) is 1. The largest absolute Gasteiger partial charge is 0.491 e. The number of hydrogen-bond acceptors (Lipinski definition) is 5. The highest BCUT2D eigenvalue weighted by molar-refractivity contribution is 7.18. The fraction of sp³-hybridized carbons (Fsp3) is 0.194. The molecular formula is C31H28N2O2S. The normalized spacial score (nSPS) is 13.0. The molecule has 0 aliphatic carbocycles. The Labute approximate surface area is 215 Å². The summed E-state index contributed by atoms with van der Waals surface area (Å²) in [6.45, 7) is 2.99. The number of aromatic nitrogens is 1. The first-order chi connectivity index (χ1) is 17.8. The molecule has 0 fully saturated rings. The van der Waals surface area contributed by atoms with Crippen molar-refractivity contribution in [2.24, 2.45) is 0 Å². The lowest BCUT2D eigenvalue weighted by Gasteiger charge is -2.20. The quantitative estimate of drug-likeness (QED) is 0.249. The molecule has 0 saturated heterocycles. The van der Waals surface area contributed by atoms with E-state index in [1.165, 1.54) is 26.8 Å². The summed E-state index contributed by atoms with van der Waals surface area (Å²) in [6.07, 6.45) is 1.05. The molecule has 0 bridgehead atoms. The monoisotopic (exact) mass is 492 g/mol. The number of thiophene rings is 1. The number of nitrogens with one attached hydrogen (secondary N) is 1. The summed E-state index contributed by atoms with van der Waals surface area (Å²) in [5.74, 6) is 0.845. The third kappa shape index (κ3) is 4.30. The Bertz CT molecular complexity index is 1510. The molecule has 2 aromatic heterocycles. The molecule has 3 heterocycles. The first-order valence-corrected chi connectivity index (χ1v) is 13.2. The lowest BCUT2D eigenvalue weighted by atomic mass is 9.93. The van der Waals surface area contributed by atoms with Crippen molar-refractivity contribution in [3.8, 4) is 39.4 Å². The van der Waals surface area contributed by atoms with E-state index in [1.54, 1.807) is 18.4 Å². The molecule has 5 aromatic rings. The molecule has 0 spiro atoms. The summed E-state index contributed by atoms with van der Waals surface area (Å²) in [6, 6.07) is 27.8.